The average Bonchev–Trinajstić information content (AvgIpc) is 2.59. The van der Waals surface area contributed by atoms with Crippen molar-refractivity contribution in [1.82, 2.24) is 4.98 Å². The maximum Gasteiger partial charge on any atom is 0.335 e. The van der Waals surface area contributed by atoms with Crippen molar-refractivity contribution in [3.63, 3.8) is 0 Å². The summed E-state index contributed by atoms with van der Waals surface area (Å²) in [6.07, 6.45) is 2.02. The minimum atomic E-state index is -0.887. The molecule has 4 heteroatoms. The Hall–Kier alpha value is -1.42. The molecule has 0 spiro atoms. The molecular weight excluding hydrogens is 210 g/mol. The van der Waals surface area contributed by atoms with E-state index in [1.54, 1.807) is 29.5 Å². The maximum absolute atomic E-state index is 10.8. The number of rotatable bonds is 3. The number of thiazole rings is 1. The lowest BCUT2D eigenvalue weighted by Gasteiger charge is -1.91. The van der Waals surface area contributed by atoms with Gasteiger partial charge in [-0.25, -0.2) is 9.78 Å². The summed E-state index contributed by atoms with van der Waals surface area (Å²) in [4.78, 5) is 15.2. The Morgan fingerprint density at radius 2 is 2.33 bits per heavy atom. The van der Waals surface area contributed by atoms with Crippen LogP contribution in [-0.4, -0.2) is 16.1 Å². The highest BCUT2D eigenvalue weighted by atomic mass is 32.1. The summed E-state index contributed by atoms with van der Waals surface area (Å²) in [5.41, 5.74) is 1.22. The summed E-state index contributed by atoms with van der Waals surface area (Å²) in [6, 6.07) is 5.06. The Labute approximate surface area is 91.4 Å². The third-order valence-corrected chi connectivity index (χ3v) is 3.22. The molecule has 3 nitrogen and oxygen atoms in total. The first-order chi connectivity index (χ1) is 7.20. The molecular formula is C11H11NO2S. The summed E-state index contributed by atoms with van der Waals surface area (Å²) in [7, 11) is 0. The van der Waals surface area contributed by atoms with Gasteiger partial charge in [0.05, 0.1) is 20.8 Å². The van der Waals surface area contributed by atoms with Crippen LogP contribution in [0.2, 0.25) is 0 Å². The zero-order chi connectivity index (χ0) is 10.8. The number of nitrogens with zero attached hydrogens (tertiary/aromatic N) is 1. The normalized spacial score (nSPS) is 10.7. The monoisotopic (exact) mass is 221 g/mol. The van der Waals surface area contributed by atoms with Crippen LogP contribution < -0.4 is 0 Å². The van der Waals surface area contributed by atoms with E-state index in [0.29, 0.717) is 5.56 Å². The van der Waals surface area contributed by atoms with E-state index in [-0.39, 0.29) is 0 Å². The minimum Gasteiger partial charge on any atom is -0.478 e. The van der Waals surface area contributed by atoms with Crippen molar-refractivity contribution in [3.05, 3.63) is 28.8 Å². The van der Waals surface area contributed by atoms with E-state index in [0.717, 1.165) is 28.1 Å². The van der Waals surface area contributed by atoms with Crippen LogP contribution in [0.15, 0.2) is 18.2 Å². The fourth-order valence-electron chi connectivity index (χ4n) is 1.43. The lowest BCUT2D eigenvalue weighted by Crippen LogP contribution is -1.94. The standard InChI is InChI=1S/C11H11NO2S/c1-2-3-10-12-8-5-4-7(11(13)14)6-9(8)15-10/h4-6H,2-3H2,1H3,(H,13,14). The Kier molecular flexibility index (Phi) is 2.68. The number of aryl methyl sites for hydroxylation is 1. The molecule has 1 heterocycles. The van der Waals surface area contributed by atoms with Gasteiger partial charge in [-0.3, -0.25) is 0 Å². The summed E-state index contributed by atoms with van der Waals surface area (Å²) in [6.45, 7) is 2.11. The second-order valence-corrected chi connectivity index (χ2v) is 4.46. The molecule has 0 saturated heterocycles. The van der Waals surface area contributed by atoms with Crippen LogP contribution in [0.5, 0.6) is 0 Å². The van der Waals surface area contributed by atoms with E-state index in [1.165, 1.54) is 0 Å². The van der Waals surface area contributed by atoms with E-state index >= 15 is 0 Å². The van der Waals surface area contributed by atoms with Gasteiger partial charge in [-0.05, 0) is 31.0 Å². The third kappa shape index (κ3) is 1.99. The number of hydrogen-bond acceptors (Lipinski definition) is 3. The number of carboxylic acids is 1. The minimum absolute atomic E-state index is 0.328. The summed E-state index contributed by atoms with van der Waals surface area (Å²) >= 11 is 1.58. The predicted octanol–water partition coefficient (Wildman–Crippen LogP) is 2.95. The zero-order valence-corrected chi connectivity index (χ0v) is 9.17. The number of aromatic nitrogens is 1. The van der Waals surface area contributed by atoms with Crippen molar-refractivity contribution in [2.45, 2.75) is 19.8 Å². The molecule has 15 heavy (non-hydrogen) atoms. The highest BCUT2D eigenvalue weighted by molar-refractivity contribution is 7.18. The quantitative estimate of drug-likeness (QED) is 0.866. The van der Waals surface area contributed by atoms with Crippen molar-refractivity contribution in [1.29, 1.82) is 0 Å². The summed E-state index contributed by atoms with van der Waals surface area (Å²) in [5, 5.41) is 9.92. The molecule has 1 aromatic carbocycles. The first-order valence-corrected chi connectivity index (χ1v) is 5.65. The topological polar surface area (TPSA) is 50.2 Å². The van der Waals surface area contributed by atoms with Crippen LogP contribution >= 0.6 is 11.3 Å². The van der Waals surface area contributed by atoms with Crippen molar-refractivity contribution in [2.75, 3.05) is 0 Å². The second-order valence-electron chi connectivity index (χ2n) is 3.35. The van der Waals surface area contributed by atoms with Gasteiger partial charge in [-0.2, -0.15) is 0 Å². The van der Waals surface area contributed by atoms with Crippen molar-refractivity contribution >= 4 is 27.5 Å². The second kappa shape index (κ2) is 3.98. The van der Waals surface area contributed by atoms with Gasteiger partial charge in [0.1, 0.15) is 0 Å². The molecule has 0 aliphatic rings. The van der Waals surface area contributed by atoms with Crippen molar-refractivity contribution < 1.29 is 9.90 Å². The van der Waals surface area contributed by atoms with Gasteiger partial charge in [0, 0.05) is 0 Å². The van der Waals surface area contributed by atoms with Crippen LogP contribution in [0.25, 0.3) is 10.2 Å². The first kappa shape index (κ1) is 10.1. The molecule has 78 valence electrons. The van der Waals surface area contributed by atoms with Gasteiger partial charge >= 0.3 is 5.97 Å². The highest BCUT2D eigenvalue weighted by Crippen LogP contribution is 2.24. The Morgan fingerprint density at radius 3 is 3.00 bits per heavy atom. The molecule has 1 N–H and O–H groups in total. The van der Waals surface area contributed by atoms with Gasteiger partial charge in [0.25, 0.3) is 0 Å². The molecule has 0 unspecified atom stereocenters. The molecule has 0 bridgehead atoms. The van der Waals surface area contributed by atoms with E-state index in [9.17, 15) is 4.79 Å². The number of benzene rings is 1. The molecule has 0 radical (unpaired) electrons. The molecule has 0 saturated carbocycles. The fourth-order valence-corrected chi connectivity index (χ4v) is 2.53. The zero-order valence-electron chi connectivity index (χ0n) is 8.36. The number of fused-ring (bicyclic) bond motifs is 1. The molecule has 0 aliphatic carbocycles. The smallest absolute Gasteiger partial charge is 0.335 e. The average molecular weight is 221 g/mol. The van der Waals surface area contributed by atoms with E-state index in [4.69, 9.17) is 5.11 Å². The van der Waals surface area contributed by atoms with Crippen LogP contribution in [0, 0.1) is 0 Å². The van der Waals surface area contributed by atoms with Crippen molar-refractivity contribution in [2.24, 2.45) is 0 Å². The van der Waals surface area contributed by atoms with Crippen LogP contribution in [0.3, 0.4) is 0 Å². The lowest BCUT2D eigenvalue weighted by molar-refractivity contribution is 0.0697. The SMILES string of the molecule is CCCc1nc2ccc(C(=O)O)cc2s1. The molecule has 0 amide bonds. The van der Waals surface area contributed by atoms with Gasteiger partial charge in [-0.1, -0.05) is 6.92 Å². The Bertz CT molecular complexity index is 504. The lowest BCUT2D eigenvalue weighted by atomic mass is 10.2. The number of carbonyl (C=O) groups is 1. The highest BCUT2D eigenvalue weighted by Gasteiger charge is 2.07. The fraction of sp³-hybridized carbons (Fsp3) is 0.273. The molecule has 2 rings (SSSR count). The number of hydrogen-bond donors (Lipinski definition) is 1. The van der Waals surface area contributed by atoms with E-state index < -0.39 is 5.97 Å². The largest absolute Gasteiger partial charge is 0.478 e. The Balaban J connectivity index is 2.47. The van der Waals surface area contributed by atoms with Crippen LogP contribution in [0.4, 0.5) is 0 Å². The number of carboxylic acid groups (broad SMARTS) is 1. The molecule has 0 aliphatic heterocycles. The summed E-state index contributed by atoms with van der Waals surface area (Å²) < 4.78 is 0.957. The van der Waals surface area contributed by atoms with Crippen LogP contribution in [0.1, 0.15) is 28.7 Å². The molecule has 2 aromatic rings. The van der Waals surface area contributed by atoms with Gasteiger partial charge in [0.15, 0.2) is 0 Å². The van der Waals surface area contributed by atoms with E-state index in [1.807, 2.05) is 0 Å². The van der Waals surface area contributed by atoms with Crippen molar-refractivity contribution in [3.8, 4) is 0 Å². The number of aromatic carboxylic acids is 1. The Morgan fingerprint density at radius 1 is 1.53 bits per heavy atom. The van der Waals surface area contributed by atoms with Gasteiger partial charge in [0.2, 0.25) is 0 Å². The third-order valence-electron chi connectivity index (χ3n) is 2.14. The predicted molar refractivity (Wildman–Crippen MR) is 60.6 cm³/mol. The maximum atomic E-state index is 10.8. The first-order valence-electron chi connectivity index (χ1n) is 4.83. The van der Waals surface area contributed by atoms with Gasteiger partial charge in [-0.15, -0.1) is 11.3 Å². The van der Waals surface area contributed by atoms with Crippen LogP contribution in [-0.2, 0) is 6.42 Å². The summed E-state index contributed by atoms with van der Waals surface area (Å²) in [5.74, 6) is -0.887. The van der Waals surface area contributed by atoms with Gasteiger partial charge < -0.3 is 5.11 Å². The molecule has 1 aromatic heterocycles. The molecule has 0 fully saturated rings. The molecule has 0 atom stereocenters. The van der Waals surface area contributed by atoms with E-state index in [2.05, 4.69) is 11.9 Å².